The first-order chi connectivity index (χ1) is 7.81. The van der Waals surface area contributed by atoms with Crippen molar-refractivity contribution in [1.82, 2.24) is 5.32 Å². The first-order valence-corrected chi connectivity index (χ1v) is 5.98. The minimum atomic E-state index is 0.192. The van der Waals surface area contributed by atoms with Crippen molar-refractivity contribution in [2.45, 2.75) is 19.4 Å². The van der Waals surface area contributed by atoms with Crippen molar-refractivity contribution in [2.75, 3.05) is 31.1 Å². The smallest absolute Gasteiger partial charge is 0.0581 e. The van der Waals surface area contributed by atoms with Crippen molar-refractivity contribution in [3.05, 3.63) is 29.8 Å². The Kier molecular flexibility index (Phi) is 3.80. The van der Waals surface area contributed by atoms with Gasteiger partial charge in [-0.3, -0.25) is 0 Å². The lowest BCUT2D eigenvalue weighted by atomic mass is 10.2. The lowest BCUT2D eigenvalue weighted by Crippen LogP contribution is -2.36. The van der Waals surface area contributed by atoms with Gasteiger partial charge in [0.05, 0.1) is 6.61 Å². The molecular weight excluding hydrogens is 200 g/mol. The Bertz CT molecular complexity index is 340. The van der Waals surface area contributed by atoms with Gasteiger partial charge in [0, 0.05) is 31.4 Å². The molecular formula is C13H20N2O. The van der Waals surface area contributed by atoms with Gasteiger partial charge in [-0.2, -0.15) is 0 Å². The summed E-state index contributed by atoms with van der Waals surface area (Å²) >= 11 is 0. The van der Waals surface area contributed by atoms with Crippen molar-refractivity contribution in [1.29, 1.82) is 0 Å². The fourth-order valence-electron chi connectivity index (χ4n) is 2.15. The molecule has 0 amide bonds. The summed E-state index contributed by atoms with van der Waals surface area (Å²) in [5.41, 5.74) is 2.83. The number of fused-ring (bicyclic) bond motifs is 1. The van der Waals surface area contributed by atoms with Gasteiger partial charge < -0.3 is 15.3 Å². The lowest BCUT2D eigenvalue weighted by Gasteiger charge is -2.20. The van der Waals surface area contributed by atoms with Gasteiger partial charge in [0.15, 0.2) is 0 Å². The summed E-state index contributed by atoms with van der Waals surface area (Å²) in [6, 6.07) is 8.80. The maximum absolute atomic E-state index is 8.91. The van der Waals surface area contributed by atoms with E-state index >= 15 is 0 Å². The average Bonchev–Trinajstić information content (AvgIpc) is 2.73. The molecule has 0 saturated heterocycles. The van der Waals surface area contributed by atoms with Crippen LogP contribution in [-0.4, -0.2) is 37.4 Å². The Morgan fingerprint density at radius 3 is 3.06 bits per heavy atom. The molecule has 0 aliphatic carbocycles. The zero-order valence-corrected chi connectivity index (χ0v) is 9.82. The third-order valence-corrected chi connectivity index (χ3v) is 3.13. The molecule has 1 aliphatic heterocycles. The monoisotopic (exact) mass is 220 g/mol. The number of para-hydroxylation sites is 1. The molecule has 1 atom stereocenters. The van der Waals surface area contributed by atoms with E-state index in [0.717, 1.165) is 26.1 Å². The predicted molar refractivity (Wildman–Crippen MR) is 66.9 cm³/mol. The van der Waals surface area contributed by atoms with E-state index in [2.05, 4.69) is 34.5 Å². The second-order valence-corrected chi connectivity index (χ2v) is 4.40. The van der Waals surface area contributed by atoms with E-state index < -0.39 is 0 Å². The molecule has 0 fully saturated rings. The van der Waals surface area contributed by atoms with Crippen molar-refractivity contribution in [2.24, 2.45) is 0 Å². The number of aliphatic hydroxyl groups is 1. The van der Waals surface area contributed by atoms with Gasteiger partial charge in [-0.15, -0.1) is 0 Å². The minimum Gasteiger partial charge on any atom is -0.395 e. The predicted octanol–water partition coefficient (Wildman–Crippen LogP) is 1.02. The SMILES string of the molecule is C[C@@H](CO)NCCN1CCc2ccccc21. The molecule has 0 spiro atoms. The van der Waals surface area contributed by atoms with Gasteiger partial charge in [-0.1, -0.05) is 18.2 Å². The number of aliphatic hydroxyl groups excluding tert-OH is 1. The summed E-state index contributed by atoms with van der Waals surface area (Å²) in [5.74, 6) is 0. The quantitative estimate of drug-likeness (QED) is 0.777. The second-order valence-electron chi connectivity index (χ2n) is 4.40. The van der Waals surface area contributed by atoms with E-state index in [1.54, 1.807) is 0 Å². The molecule has 0 bridgehead atoms. The molecule has 0 unspecified atom stereocenters. The third kappa shape index (κ3) is 2.54. The Morgan fingerprint density at radius 2 is 2.25 bits per heavy atom. The van der Waals surface area contributed by atoms with Gasteiger partial charge in [-0.05, 0) is 25.0 Å². The Balaban J connectivity index is 1.84. The van der Waals surface area contributed by atoms with Crippen LogP contribution in [0, 0.1) is 0 Å². The molecule has 1 aliphatic rings. The largest absolute Gasteiger partial charge is 0.395 e. The van der Waals surface area contributed by atoms with Crippen LogP contribution in [0.25, 0.3) is 0 Å². The van der Waals surface area contributed by atoms with Crippen LogP contribution in [0.3, 0.4) is 0 Å². The summed E-state index contributed by atoms with van der Waals surface area (Å²) in [7, 11) is 0. The van der Waals surface area contributed by atoms with Crippen molar-refractivity contribution in [3.8, 4) is 0 Å². The van der Waals surface area contributed by atoms with Gasteiger partial charge in [0.25, 0.3) is 0 Å². The van der Waals surface area contributed by atoms with E-state index in [9.17, 15) is 0 Å². The zero-order valence-electron chi connectivity index (χ0n) is 9.82. The maximum Gasteiger partial charge on any atom is 0.0581 e. The summed E-state index contributed by atoms with van der Waals surface area (Å²) in [6.45, 7) is 5.26. The van der Waals surface area contributed by atoms with E-state index in [1.165, 1.54) is 11.3 Å². The highest BCUT2D eigenvalue weighted by molar-refractivity contribution is 5.57. The van der Waals surface area contributed by atoms with Crippen molar-refractivity contribution < 1.29 is 5.11 Å². The van der Waals surface area contributed by atoms with Crippen LogP contribution < -0.4 is 10.2 Å². The number of rotatable bonds is 5. The molecule has 1 aromatic rings. The first-order valence-electron chi connectivity index (χ1n) is 5.98. The van der Waals surface area contributed by atoms with Crippen LogP contribution in [0.5, 0.6) is 0 Å². The van der Waals surface area contributed by atoms with E-state index in [1.807, 2.05) is 6.92 Å². The van der Waals surface area contributed by atoms with E-state index in [4.69, 9.17) is 5.11 Å². The third-order valence-electron chi connectivity index (χ3n) is 3.13. The molecule has 1 heterocycles. The lowest BCUT2D eigenvalue weighted by molar-refractivity contribution is 0.252. The molecule has 2 rings (SSSR count). The minimum absolute atomic E-state index is 0.192. The van der Waals surface area contributed by atoms with Crippen LogP contribution in [0.2, 0.25) is 0 Å². The highest BCUT2D eigenvalue weighted by Crippen LogP contribution is 2.26. The van der Waals surface area contributed by atoms with Crippen LogP contribution in [0.4, 0.5) is 5.69 Å². The maximum atomic E-state index is 8.91. The van der Waals surface area contributed by atoms with Crippen LogP contribution in [-0.2, 0) is 6.42 Å². The molecule has 1 aromatic carbocycles. The van der Waals surface area contributed by atoms with Gasteiger partial charge in [0.1, 0.15) is 0 Å². The number of anilines is 1. The Morgan fingerprint density at radius 1 is 1.44 bits per heavy atom. The highest BCUT2D eigenvalue weighted by Gasteiger charge is 2.17. The van der Waals surface area contributed by atoms with Crippen LogP contribution in [0.15, 0.2) is 24.3 Å². The van der Waals surface area contributed by atoms with Crippen molar-refractivity contribution in [3.63, 3.8) is 0 Å². The fraction of sp³-hybridized carbons (Fsp3) is 0.538. The number of hydrogen-bond donors (Lipinski definition) is 2. The number of benzene rings is 1. The molecule has 3 nitrogen and oxygen atoms in total. The summed E-state index contributed by atoms with van der Waals surface area (Å²) in [4.78, 5) is 2.41. The molecule has 16 heavy (non-hydrogen) atoms. The molecule has 2 N–H and O–H groups in total. The topological polar surface area (TPSA) is 35.5 Å². The number of hydrogen-bond acceptors (Lipinski definition) is 3. The molecule has 88 valence electrons. The molecule has 0 aromatic heterocycles. The first kappa shape index (κ1) is 11.4. The van der Waals surface area contributed by atoms with Gasteiger partial charge in [0.2, 0.25) is 0 Å². The van der Waals surface area contributed by atoms with Crippen LogP contribution >= 0.6 is 0 Å². The average molecular weight is 220 g/mol. The highest BCUT2D eigenvalue weighted by atomic mass is 16.3. The summed E-state index contributed by atoms with van der Waals surface area (Å²) in [6.07, 6.45) is 1.16. The summed E-state index contributed by atoms with van der Waals surface area (Å²) < 4.78 is 0. The Labute approximate surface area is 97.1 Å². The zero-order chi connectivity index (χ0) is 11.4. The molecule has 0 saturated carbocycles. The standard InChI is InChI=1S/C13H20N2O/c1-11(10-16)14-7-9-15-8-6-12-4-2-3-5-13(12)15/h2-5,11,14,16H,6-10H2,1H3/t11-/m0/s1. The molecule has 3 heteroatoms. The van der Waals surface area contributed by atoms with E-state index in [0.29, 0.717) is 0 Å². The normalized spacial score (nSPS) is 16.2. The van der Waals surface area contributed by atoms with Crippen molar-refractivity contribution >= 4 is 5.69 Å². The summed E-state index contributed by atoms with van der Waals surface area (Å²) in [5, 5.41) is 12.2. The number of nitrogens with zero attached hydrogens (tertiary/aromatic N) is 1. The second kappa shape index (κ2) is 5.32. The van der Waals surface area contributed by atoms with E-state index in [-0.39, 0.29) is 12.6 Å². The fourth-order valence-corrected chi connectivity index (χ4v) is 2.15. The van der Waals surface area contributed by atoms with Crippen LogP contribution in [0.1, 0.15) is 12.5 Å². The van der Waals surface area contributed by atoms with Gasteiger partial charge in [-0.25, -0.2) is 0 Å². The Hall–Kier alpha value is -1.06. The van der Waals surface area contributed by atoms with Gasteiger partial charge >= 0.3 is 0 Å². The molecule has 0 radical (unpaired) electrons. The number of nitrogens with one attached hydrogen (secondary N) is 1.